The van der Waals surface area contributed by atoms with Crippen molar-refractivity contribution in [2.45, 2.75) is 38.9 Å². The summed E-state index contributed by atoms with van der Waals surface area (Å²) in [6, 6.07) is 0. The number of halogens is 1. The first-order valence-electron chi connectivity index (χ1n) is 4.41. The summed E-state index contributed by atoms with van der Waals surface area (Å²) in [5.74, 6) is -1.10. The van der Waals surface area contributed by atoms with Gasteiger partial charge in [0, 0.05) is 12.5 Å². The summed E-state index contributed by atoms with van der Waals surface area (Å²) in [5.41, 5.74) is 0.261. The van der Waals surface area contributed by atoms with Crippen LogP contribution in [0.5, 0.6) is 0 Å². The van der Waals surface area contributed by atoms with Gasteiger partial charge in [0.05, 0.1) is 0 Å². The van der Waals surface area contributed by atoms with Gasteiger partial charge in [0.25, 0.3) is 0 Å². The summed E-state index contributed by atoms with van der Waals surface area (Å²) >= 11 is 5.88. The smallest absolute Gasteiger partial charge is 0.333 e. The minimum Gasteiger partial charge on any atom is -0.454 e. The fourth-order valence-corrected chi connectivity index (χ4v) is 0.884. The van der Waals surface area contributed by atoms with Gasteiger partial charge in [0.1, 0.15) is 0 Å². The number of ether oxygens (including phenoxy) is 2. The number of alkyl halides is 1. The van der Waals surface area contributed by atoms with Crippen LogP contribution in [-0.2, 0) is 19.1 Å². The average molecular weight is 235 g/mol. The van der Waals surface area contributed by atoms with E-state index in [0.29, 0.717) is 0 Å². The molecule has 0 heterocycles. The fourth-order valence-electron chi connectivity index (χ4n) is 0.730. The van der Waals surface area contributed by atoms with Gasteiger partial charge in [-0.05, 0) is 20.8 Å². The van der Waals surface area contributed by atoms with Crippen LogP contribution in [0.4, 0.5) is 0 Å². The maximum atomic E-state index is 11.2. The predicted molar refractivity (Wildman–Crippen MR) is 56.4 cm³/mol. The van der Waals surface area contributed by atoms with Crippen molar-refractivity contribution < 1.29 is 19.1 Å². The molecule has 0 aliphatic carbocycles. The summed E-state index contributed by atoms with van der Waals surface area (Å²) in [5, 5.41) is -1.36. The number of hydrogen-bond donors (Lipinski definition) is 0. The van der Waals surface area contributed by atoms with E-state index in [2.05, 4.69) is 6.58 Å². The van der Waals surface area contributed by atoms with Crippen LogP contribution in [0.3, 0.4) is 0 Å². The number of hydrogen-bond acceptors (Lipinski definition) is 4. The second-order valence-corrected chi connectivity index (χ2v) is 4.16. The molecule has 0 fully saturated rings. The van der Waals surface area contributed by atoms with Crippen LogP contribution in [-0.4, -0.2) is 23.1 Å². The van der Waals surface area contributed by atoms with E-state index < -0.39 is 23.1 Å². The van der Waals surface area contributed by atoms with Gasteiger partial charge in [-0.15, -0.1) is 0 Å². The average Bonchev–Trinajstić information content (AvgIpc) is 2.01. The number of carbonyl (C=O) groups is 2. The number of esters is 2. The molecule has 0 saturated carbocycles. The van der Waals surface area contributed by atoms with E-state index in [9.17, 15) is 9.59 Å². The normalized spacial score (nSPS) is 16.1. The maximum Gasteiger partial charge on any atom is 0.333 e. The molecule has 4 nitrogen and oxygen atoms in total. The molecule has 2 atom stereocenters. The first-order valence-corrected chi connectivity index (χ1v) is 4.79. The summed E-state index contributed by atoms with van der Waals surface area (Å²) < 4.78 is 9.73. The molecule has 0 spiro atoms. The lowest BCUT2D eigenvalue weighted by molar-refractivity contribution is -0.166. The molecule has 0 aliphatic heterocycles. The molecule has 0 aromatic carbocycles. The van der Waals surface area contributed by atoms with E-state index >= 15 is 0 Å². The van der Waals surface area contributed by atoms with Gasteiger partial charge in [0.2, 0.25) is 5.06 Å². The summed E-state index contributed by atoms with van der Waals surface area (Å²) in [6.07, 6.45) is -0.757. The van der Waals surface area contributed by atoms with Crippen LogP contribution >= 0.6 is 11.6 Å². The van der Waals surface area contributed by atoms with Gasteiger partial charge in [-0.25, -0.2) is 4.79 Å². The molecule has 86 valence electrons. The zero-order chi connectivity index (χ0) is 12.2. The van der Waals surface area contributed by atoms with Crippen molar-refractivity contribution in [1.29, 1.82) is 0 Å². The highest BCUT2D eigenvalue weighted by Crippen LogP contribution is 2.24. The summed E-state index contributed by atoms with van der Waals surface area (Å²) in [4.78, 5) is 21.9. The molecule has 15 heavy (non-hydrogen) atoms. The number of carbonyl (C=O) groups excluding carboxylic acids is 2. The third-order valence-corrected chi connectivity index (χ3v) is 2.09. The Kier molecular flexibility index (Phi) is 4.81. The van der Waals surface area contributed by atoms with E-state index in [0.717, 1.165) is 0 Å². The third-order valence-electron chi connectivity index (χ3n) is 1.70. The highest BCUT2D eigenvalue weighted by Gasteiger charge is 2.35. The monoisotopic (exact) mass is 234 g/mol. The molecule has 0 bridgehead atoms. The van der Waals surface area contributed by atoms with Gasteiger partial charge in [-0.1, -0.05) is 18.2 Å². The molecule has 0 N–H and O–H groups in total. The molecule has 0 aromatic heterocycles. The van der Waals surface area contributed by atoms with Gasteiger partial charge in [-0.3, -0.25) is 4.79 Å². The van der Waals surface area contributed by atoms with Crippen molar-refractivity contribution in [2.24, 2.45) is 0 Å². The number of rotatable bonds is 4. The van der Waals surface area contributed by atoms with Crippen LogP contribution in [0.1, 0.15) is 27.7 Å². The Hall–Kier alpha value is -1.03. The first-order chi connectivity index (χ1) is 6.66. The van der Waals surface area contributed by atoms with Crippen molar-refractivity contribution >= 4 is 23.5 Å². The standard InChI is InChI=1S/C10H15ClO4/c1-6(2)9(13)14-7(3)10(5,11)15-8(4)12/h7H,1H2,2-5H3. The molecule has 2 unspecified atom stereocenters. The van der Waals surface area contributed by atoms with Crippen molar-refractivity contribution in [1.82, 2.24) is 0 Å². The van der Waals surface area contributed by atoms with Crippen molar-refractivity contribution in [3.63, 3.8) is 0 Å². The molecule has 0 radical (unpaired) electrons. The summed E-state index contributed by atoms with van der Waals surface area (Å²) in [6.45, 7) is 9.17. The van der Waals surface area contributed by atoms with Crippen LogP contribution in [0.25, 0.3) is 0 Å². The molecule has 0 amide bonds. The van der Waals surface area contributed by atoms with Crippen molar-refractivity contribution in [3.8, 4) is 0 Å². The van der Waals surface area contributed by atoms with E-state index in [1.807, 2.05) is 0 Å². The van der Waals surface area contributed by atoms with E-state index in [4.69, 9.17) is 21.1 Å². The Bertz CT molecular complexity index is 283. The van der Waals surface area contributed by atoms with Gasteiger partial charge >= 0.3 is 11.9 Å². The lowest BCUT2D eigenvalue weighted by Crippen LogP contribution is -2.39. The van der Waals surface area contributed by atoms with Crippen LogP contribution < -0.4 is 0 Å². The predicted octanol–water partition coefficient (Wildman–Crippen LogP) is 2.01. The van der Waals surface area contributed by atoms with Crippen LogP contribution in [0.2, 0.25) is 0 Å². The molecule has 0 aromatic rings. The van der Waals surface area contributed by atoms with Crippen LogP contribution in [0.15, 0.2) is 12.2 Å². The largest absolute Gasteiger partial charge is 0.454 e. The quantitative estimate of drug-likeness (QED) is 0.424. The molecular formula is C10H15ClO4. The van der Waals surface area contributed by atoms with Crippen LogP contribution in [0, 0.1) is 0 Å². The van der Waals surface area contributed by atoms with Gasteiger partial charge < -0.3 is 9.47 Å². The van der Waals surface area contributed by atoms with E-state index in [1.165, 1.54) is 27.7 Å². The molecule has 0 saturated heterocycles. The first kappa shape index (κ1) is 14.0. The zero-order valence-electron chi connectivity index (χ0n) is 9.30. The van der Waals surface area contributed by atoms with E-state index in [1.54, 1.807) is 0 Å². The maximum absolute atomic E-state index is 11.2. The Morgan fingerprint density at radius 3 is 2.20 bits per heavy atom. The Morgan fingerprint density at radius 1 is 1.40 bits per heavy atom. The molecule has 5 heteroatoms. The Labute approximate surface area is 94.2 Å². The highest BCUT2D eigenvalue weighted by atomic mass is 35.5. The zero-order valence-corrected chi connectivity index (χ0v) is 10.1. The lowest BCUT2D eigenvalue weighted by atomic mass is 10.2. The lowest BCUT2D eigenvalue weighted by Gasteiger charge is -2.28. The fraction of sp³-hybridized carbons (Fsp3) is 0.600. The highest BCUT2D eigenvalue weighted by molar-refractivity contribution is 6.23. The molecular weight excluding hydrogens is 220 g/mol. The Morgan fingerprint density at radius 2 is 1.87 bits per heavy atom. The van der Waals surface area contributed by atoms with Gasteiger partial charge in [0.15, 0.2) is 6.10 Å². The van der Waals surface area contributed by atoms with E-state index in [-0.39, 0.29) is 5.57 Å². The third kappa shape index (κ3) is 4.83. The minimum absolute atomic E-state index is 0.261. The van der Waals surface area contributed by atoms with Crippen molar-refractivity contribution in [2.75, 3.05) is 0 Å². The SMILES string of the molecule is C=C(C)C(=O)OC(C)C(C)(Cl)OC(C)=O. The van der Waals surface area contributed by atoms with Crippen molar-refractivity contribution in [3.05, 3.63) is 12.2 Å². The summed E-state index contributed by atoms with van der Waals surface area (Å²) in [7, 11) is 0. The second kappa shape index (κ2) is 5.16. The second-order valence-electron chi connectivity index (χ2n) is 3.41. The Balaban J connectivity index is 4.42. The van der Waals surface area contributed by atoms with Gasteiger partial charge in [-0.2, -0.15) is 0 Å². The topological polar surface area (TPSA) is 52.6 Å². The molecule has 0 rings (SSSR count). The molecule has 0 aliphatic rings. The minimum atomic E-state index is -1.36.